The Bertz CT molecular complexity index is 2430. The molecule has 11 heteroatoms. The van der Waals surface area contributed by atoms with Gasteiger partial charge in [-0.05, 0) is 127 Å². The van der Waals surface area contributed by atoms with Gasteiger partial charge in [-0.3, -0.25) is 9.80 Å². The first kappa shape index (κ1) is 37.1. The van der Waals surface area contributed by atoms with E-state index < -0.39 is 0 Å². The van der Waals surface area contributed by atoms with Crippen LogP contribution in [0.3, 0.4) is 0 Å². The summed E-state index contributed by atoms with van der Waals surface area (Å²) in [5, 5.41) is 3.04. The third kappa shape index (κ3) is 6.00. The van der Waals surface area contributed by atoms with Crippen LogP contribution in [0.25, 0.3) is 32.7 Å². The van der Waals surface area contributed by atoms with Gasteiger partial charge in [0.25, 0.3) is 0 Å². The third-order valence-electron chi connectivity index (χ3n) is 13.7. The monoisotopic (exact) mass is 766 g/mol. The summed E-state index contributed by atoms with van der Waals surface area (Å²) in [5.41, 5.74) is 5.47. The molecular formula is C45H53F3N6O2. The van der Waals surface area contributed by atoms with E-state index in [1.54, 1.807) is 12.1 Å². The number of fused-ring (bicyclic) bond motifs is 3. The van der Waals surface area contributed by atoms with Crippen molar-refractivity contribution in [2.75, 3.05) is 42.4 Å². The molecule has 8 nitrogen and oxygen atoms in total. The molecule has 0 spiro atoms. The van der Waals surface area contributed by atoms with Crippen molar-refractivity contribution in [3.05, 3.63) is 95.2 Å². The first-order chi connectivity index (χ1) is 26.9. The fourth-order valence-corrected chi connectivity index (χ4v) is 9.91. The van der Waals surface area contributed by atoms with E-state index in [-0.39, 0.29) is 41.3 Å². The third-order valence-corrected chi connectivity index (χ3v) is 13.7. The zero-order valence-electron chi connectivity index (χ0n) is 33.5. The molecule has 9 rings (SSSR count). The average Bonchev–Trinajstić information content (AvgIpc) is 3.79. The molecular weight excluding hydrogens is 714 g/mol. The molecule has 0 amide bonds. The van der Waals surface area contributed by atoms with Gasteiger partial charge in [0.05, 0.1) is 30.8 Å². The molecule has 0 unspecified atom stereocenters. The maximum atomic E-state index is 15.8. The molecule has 296 valence electrons. The van der Waals surface area contributed by atoms with Crippen molar-refractivity contribution in [2.45, 2.75) is 94.8 Å². The summed E-state index contributed by atoms with van der Waals surface area (Å²) in [5.74, 6) is -0.232. The second kappa shape index (κ2) is 14.2. The van der Waals surface area contributed by atoms with E-state index in [4.69, 9.17) is 9.47 Å². The molecule has 0 N–H and O–H groups in total. The van der Waals surface area contributed by atoms with Gasteiger partial charge in [0.2, 0.25) is 0 Å². The predicted molar refractivity (Wildman–Crippen MR) is 216 cm³/mol. The largest absolute Gasteiger partial charge is 0.494 e. The lowest BCUT2D eigenvalue weighted by molar-refractivity contribution is 0.0995. The van der Waals surface area contributed by atoms with Gasteiger partial charge < -0.3 is 28.1 Å². The number of methoxy groups -OCH3 is 2. The molecule has 0 atom stereocenters. The number of nitrogens with zero attached hydrogens (tertiary/aromatic N) is 6. The second-order valence-corrected chi connectivity index (χ2v) is 17.0. The van der Waals surface area contributed by atoms with Gasteiger partial charge in [0, 0.05) is 89.7 Å². The maximum absolute atomic E-state index is 15.8. The van der Waals surface area contributed by atoms with E-state index in [1.165, 1.54) is 25.8 Å². The molecule has 6 aromatic rings. The van der Waals surface area contributed by atoms with Crippen LogP contribution >= 0.6 is 0 Å². The Morgan fingerprint density at radius 1 is 0.607 bits per heavy atom. The average molecular weight is 767 g/mol. The highest BCUT2D eigenvalue weighted by Crippen LogP contribution is 2.45. The summed E-state index contributed by atoms with van der Waals surface area (Å²) in [6.45, 7) is 3.37. The summed E-state index contributed by atoms with van der Waals surface area (Å²) in [6, 6.07) is 14.6. The molecule has 0 radical (unpaired) electrons. The molecule has 3 heterocycles. The summed E-state index contributed by atoms with van der Waals surface area (Å²) in [6.07, 6.45) is 12.3. The van der Waals surface area contributed by atoms with Crippen LogP contribution in [0.15, 0.2) is 61.1 Å². The van der Waals surface area contributed by atoms with Crippen LogP contribution in [-0.4, -0.2) is 88.9 Å². The van der Waals surface area contributed by atoms with Crippen molar-refractivity contribution in [3.63, 3.8) is 0 Å². The van der Waals surface area contributed by atoms with Gasteiger partial charge >= 0.3 is 0 Å². The normalized spacial score (nSPS) is 23.7. The summed E-state index contributed by atoms with van der Waals surface area (Å²) in [4.78, 5) is 7.07. The summed E-state index contributed by atoms with van der Waals surface area (Å²) in [7, 11) is 11.6. The molecule has 0 aliphatic heterocycles. The minimum Gasteiger partial charge on any atom is -0.494 e. The Hall–Kier alpha value is -4.45. The van der Waals surface area contributed by atoms with Crippen LogP contribution in [-0.2, 0) is 13.1 Å². The lowest BCUT2D eigenvalue weighted by Crippen LogP contribution is -2.43. The molecule has 56 heavy (non-hydrogen) atoms. The Morgan fingerprint density at radius 2 is 1.14 bits per heavy atom. The molecule has 3 aliphatic carbocycles. The van der Waals surface area contributed by atoms with Crippen molar-refractivity contribution in [2.24, 2.45) is 0 Å². The van der Waals surface area contributed by atoms with Crippen molar-refractivity contribution < 1.29 is 22.6 Å². The minimum absolute atomic E-state index is 0.180. The maximum Gasteiger partial charge on any atom is 0.189 e. The molecule has 3 saturated carbocycles. The van der Waals surface area contributed by atoms with Crippen LogP contribution in [0.1, 0.15) is 73.3 Å². The Morgan fingerprint density at radius 3 is 1.73 bits per heavy atom. The van der Waals surface area contributed by atoms with Crippen molar-refractivity contribution in [1.82, 2.24) is 28.4 Å². The molecule has 0 bridgehead atoms. The highest BCUT2D eigenvalue weighted by atomic mass is 19.1. The van der Waals surface area contributed by atoms with Crippen LogP contribution in [0.2, 0.25) is 0 Å². The number of hydrogen-bond donors (Lipinski definition) is 0. The van der Waals surface area contributed by atoms with Gasteiger partial charge in [-0.15, -0.1) is 0 Å². The Balaban J connectivity index is 0.900. The van der Waals surface area contributed by atoms with Crippen LogP contribution in [0.5, 0.6) is 11.5 Å². The minimum atomic E-state index is -0.343. The van der Waals surface area contributed by atoms with Gasteiger partial charge in [-0.25, -0.2) is 13.2 Å². The van der Waals surface area contributed by atoms with Crippen LogP contribution in [0, 0.1) is 24.4 Å². The van der Waals surface area contributed by atoms with Crippen molar-refractivity contribution >= 4 is 32.7 Å². The number of aromatic nitrogens is 3. The number of halogens is 3. The van der Waals surface area contributed by atoms with Gasteiger partial charge in [-0.2, -0.15) is 0 Å². The lowest BCUT2D eigenvalue weighted by Gasteiger charge is -2.42. The highest BCUT2D eigenvalue weighted by Gasteiger charge is 2.38. The molecule has 0 saturated heterocycles. The van der Waals surface area contributed by atoms with E-state index in [1.807, 2.05) is 37.4 Å². The molecule has 3 aliphatic rings. The van der Waals surface area contributed by atoms with Crippen LogP contribution in [0.4, 0.5) is 13.2 Å². The van der Waals surface area contributed by atoms with Gasteiger partial charge in [0.15, 0.2) is 23.1 Å². The number of ether oxygens (including phenoxy) is 2. The fourth-order valence-electron chi connectivity index (χ4n) is 9.91. The van der Waals surface area contributed by atoms with E-state index in [9.17, 15) is 4.39 Å². The Labute approximate surface area is 326 Å². The second-order valence-electron chi connectivity index (χ2n) is 17.0. The standard InChI is InChI=1S/C45H53F3N6O2/c1-26-38(46)12-9-36-28(22-50(4)31-18-33(19-31)52-15-14-27-8-11-39(47)45(56-7)43(27)52)24-53(42(26)36)35-20-32(21-35)51(5)23-29-25-54(34-16-30(17-34)49(2)3)44-37(29)10-13-40(55-6)41(44)48/h8-15,24-25,30-35H,16-23H2,1-7H3. The first-order valence-electron chi connectivity index (χ1n) is 20.0. The molecule has 3 fully saturated rings. The lowest BCUT2D eigenvalue weighted by atomic mass is 9.85. The quantitative estimate of drug-likeness (QED) is 0.124. The zero-order chi connectivity index (χ0) is 39.2. The van der Waals surface area contributed by atoms with Gasteiger partial charge in [-0.1, -0.05) is 0 Å². The molecule has 3 aromatic heterocycles. The van der Waals surface area contributed by atoms with E-state index in [2.05, 4.69) is 69.0 Å². The fraction of sp³-hybridized carbons (Fsp3) is 0.467. The predicted octanol–water partition coefficient (Wildman–Crippen LogP) is 9.23. The van der Waals surface area contributed by atoms with E-state index >= 15 is 8.78 Å². The first-order valence-corrected chi connectivity index (χ1v) is 20.0. The highest BCUT2D eigenvalue weighted by molar-refractivity contribution is 5.88. The number of rotatable bonds is 12. The number of hydrogen-bond acceptors (Lipinski definition) is 5. The SMILES string of the molecule is COc1ccc2c(CN(C)C3CC(n4cc(CN(C)C5CC(n6ccc7ccc(F)c(OC)c76)C5)c5ccc(F)c(C)c54)C3)cn(C3CC(N(C)C)C3)c2c1F. The zero-order valence-corrected chi connectivity index (χ0v) is 33.5. The van der Waals surface area contributed by atoms with E-state index in [0.29, 0.717) is 35.0 Å². The Kier molecular flexibility index (Phi) is 9.41. The van der Waals surface area contributed by atoms with Gasteiger partial charge in [0.1, 0.15) is 5.82 Å². The number of benzene rings is 3. The van der Waals surface area contributed by atoms with Crippen molar-refractivity contribution in [3.8, 4) is 11.5 Å². The molecule has 3 aromatic carbocycles. The smallest absolute Gasteiger partial charge is 0.189 e. The topological polar surface area (TPSA) is 43.0 Å². The van der Waals surface area contributed by atoms with Crippen LogP contribution < -0.4 is 9.47 Å². The van der Waals surface area contributed by atoms with E-state index in [0.717, 1.165) is 84.4 Å². The summed E-state index contributed by atoms with van der Waals surface area (Å²) >= 11 is 0. The number of aryl methyl sites for hydroxylation is 1. The van der Waals surface area contributed by atoms with Crippen molar-refractivity contribution in [1.29, 1.82) is 0 Å². The summed E-state index contributed by atoms with van der Waals surface area (Å²) < 4.78 is 63.1.